The lowest BCUT2D eigenvalue weighted by atomic mass is 9.84. The zero-order chi connectivity index (χ0) is 11.0. The summed E-state index contributed by atoms with van der Waals surface area (Å²) in [4.78, 5) is 0. The molecule has 0 radical (unpaired) electrons. The first-order valence-electron chi connectivity index (χ1n) is 6.32. The Hall–Kier alpha value is -0.340. The van der Waals surface area contributed by atoms with Crippen molar-refractivity contribution in [3.05, 3.63) is 33.8 Å². The lowest BCUT2D eigenvalue weighted by molar-refractivity contribution is 0.423. The number of benzene rings is 1. The van der Waals surface area contributed by atoms with Gasteiger partial charge in [-0.1, -0.05) is 22.0 Å². The number of halogens is 1. The Morgan fingerprint density at radius 2 is 2.06 bits per heavy atom. The number of aryl methyl sites for hydroxylation is 1. The monoisotopic (exact) mass is 279 g/mol. The minimum absolute atomic E-state index is 0.853. The van der Waals surface area contributed by atoms with Gasteiger partial charge < -0.3 is 5.32 Å². The molecule has 3 rings (SSSR count). The molecule has 0 aromatic heterocycles. The highest BCUT2D eigenvalue weighted by Gasteiger charge is 2.24. The van der Waals surface area contributed by atoms with Crippen molar-refractivity contribution in [1.29, 1.82) is 0 Å². The fraction of sp³-hybridized carbons (Fsp3) is 0.571. The molecule has 1 atom stereocenters. The van der Waals surface area contributed by atoms with Gasteiger partial charge in [0.1, 0.15) is 0 Å². The fourth-order valence-electron chi connectivity index (χ4n) is 2.59. The number of hydrogen-bond donors (Lipinski definition) is 1. The van der Waals surface area contributed by atoms with E-state index in [-0.39, 0.29) is 0 Å². The van der Waals surface area contributed by atoms with Gasteiger partial charge in [0.15, 0.2) is 0 Å². The van der Waals surface area contributed by atoms with E-state index in [4.69, 9.17) is 0 Å². The van der Waals surface area contributed by atoms with Crippen molar-refractivity contribution in [2.75, 3.05) is 6.54 Å². The van der Waals surface area contributed by atoms with Crippen molar-refractivity contribution in [3.63, 3.8) is 0 Å². The predicted molar refractivity (Wildman–Crippen MR) is 70.7 cm³/mol. The number of nitrogens with one attached hydrogen (secondary N) is 1. The lowest BCUT2D eigenvalue weighted by Crippen LogP contribution is -2.28. The molecule has 1 N–H and O–H groups in total. The lowest BCUT2D eigenvalue weighted by Gasteiger charge is -2.25. The maximum atomic E-state index is 3.66. The van der Waals surface area contributed by atoms with E-state index in [2.05, 4.69) is 39.4 Å². The van der Waals surface area contributed by atoms with Gasteiger partial charge in [-0.2, -0.15) is 0 Å². The van der Waals surface area contributed by atoms with E-state index in [0.29, 0.717) is 0 Å². The SMILES string of the molecule is Brc1ccc2c(c1)CCC(CNC1CC1)C2. The van der Waals surface area contributed by atoms with Crippen LogP contribution in [0, 0.1) is 5.92 Å². The van der Waals surface area contributed by atoms with Crippen molar-refractivity contribution in [2.45, 2.75) is 38.1 Å². The molecule has 2 aliphatic rings. The van der Waals surface area contributed by atoms with E-state index >= 15 is 0 Å². The number of fused-ring (bicyclic) bond motifs is 1. The summed E-state index contributed by atoms with van der Waals surface area (Å²) in [5.74, 6) is 0.856. The topological polar surface area (TPSA) is 12.0 Å². The largest absolute Gasteiger partial charge is 0.314 e. The Morgan fingerprint density at radius 1 is 1.19 bits per heavy atom. The first-order valence-corrected chi connectivity index (χ1v) is 7.11. The minimum Gasteiger partial charge on any atom is -0.314 e. The van der Waals surface area contributed by atoms with Gasteiger partial charge in [0.25, 0.3) is 0 Å². The maximum absolute atomic E-state index is 3.66. The van der Waals surface area contributed by atoms with Crippen LogP contribution in [0.2, 0.25) is 0 Å². The highest BCUT2D eigenvalue weighted by molar-refractivity contribution is 9.10. The molecule has 2 aliphatic carbocycles. The number of rotatable bonds is 3. The molecule has 1 aromatic carbocycles. The molecule has 1 saturated carbocycles. The van der Waals surface area contributed by atoms with Crippen LogP contribution >= 0.6 is 15.9 Å². The van der Waals surface area contributed by atoms with Gasteiger partial charge in [0, 0.05) is 10.5 Å². The molecule has 0 amide bonds. The summed E-state index contributed by atoms with van der Waals surface area (Å²) >= 11 is 3.55. The molecule has 0 aliphatic heterocycles. The smallest absolute Gasteiger partial charge is 0.0178 e. The molecule has 0 spiro atoms. The van der Waals surface area contributed by atoms with Crippen LogP contribution in [0.1, 0.15) is 30.4 Å². The Balaban J connectivity index is 1.63. The van der Waals surface area contributed by atoms with Crippen LogP contribution < -0.4 is 5.32 Å². The molecular formula is C14H18BrN. The van der Waals surface area contributed by atoms with Crippen molar-refractivity contribution >= 4 is 15.9 Å². The van der Waals surface area contributed by atoms with E-state index in [1.165, 1.54) is 43.1 Å². The van der Waals surface area contributed by atoms with Crippen molar-refractivity contribution in [3.8, 4) is 0 Å². The summed E-state index contributed by atoms with van der Waals surface area (Å²) in [7, 11) is 0. The van der Waals surface area contributed by atoms with Crippen molar-refractivity contribution in [2.24, 2.45) is 5.92 Å². The normalized spacial score (nSPS) is 24.2. The second kappa shape index (κ2) is 4.50. The average molecular weight is 280 g/mol. The van der Waals surface area contributed by atoms with Gasteiger partial charge in [-0.15, -0.1) is 0 Å². The van der Waals surface area contributed by atoms with Gasteiger partial charge in [0.05, 0.1) is 0 Å². The van der Waals surface area contributed by atoms with Gasteiger partial charge in [-0.3, -0.25) is 0 Å². The maximum Gasteiger partial charge on any atom is 0.0178 e. The van der Waals surface area contributed by atoms with Crippen LogP contribution in [-0.4, -0.2) is 12.6 Å². The summed E-state index contributed by atoms with van der Waals surface area (Å²) in [5.41, 5.74) is 3.12. The van der Waals surface area contributed by atoms with Gasteiger partial charge in [0.2, 0.25) is 0 Å². The quantitative estimate of drug-likeness (QED) is 0.895. The standard InChI is InChI=1S/C14H18BrN/c15-13-4-3-11-7-10(1-2-12(11)8-13)9-16-14-5-6-14/h3-4,8,10,14,16H,1-2,5-7,9H2. The summed E-state index contributed by atoms with van der Waals surface area (Å²) < 4.78 is 1.22. The molecule has 0 bridgehead atoms. The summed E-state index contributed by atoms with van der Waals surface area (Å²) in [6, 6.07) is 7.62. The Labute approximate surface area is 106 Å². The Bertz CT molecular complexity index is 384. The van der Waals surface area contributed by atoms with Crippen LogP contribution in [0.25, 0.3) is 0 Å². The highest BCUT2D eigenvalue weighted by atomic mass is 79.9. The van der Waals surface area contributed by atoms with E-state index in [1.54, 1.807) is 11.1 Å². The molecule has 2 heteroatoms. The average Bonchev–Trinajstić information content (AvgIpc) is 3.10. The molecule has 0 saturated heterocycles. The molecule has 0 heterocycles. The van der Waals surface area contributed by atoms with Gasteiger partial charge in [-0.25, -0.2) is 0 Å². The third-order valence-electron chi connectivity index (χ3n) is 3.77. The van der Waals surface area contributed by atoms with E-state index in [9.17, 15) is 0 Å². The second-order valence-corrected chi connectivity index (χ2v) is 6.12. The van der Waals surface area contributed by atoms with E-state index in [1.807, 2.05) is 0 Å². The summed E-state index contributed by atoms with van der Waals surface area (Å²) in [5, 5.41) is 3.66. The fourth-order valence-corrected chi connectivity index (χ4v) is 3.00. The first kappa shape index (κ1) is 10.8. The summed E-state index contributed by atoms with van der Waals surface area (Å²) in [6.07, 6.45) is 6.67. The predicted octanol–water partition coefficient (Wildman–Crippen LogP) is 3.31. The van der Waals surface area contributed by atoms with E-state index in [0.717, 1.165) is 12.0 Å². The third kappa shape index (κ3) is 2.49. The Morgan fingerprint density at radius 3 is 2.88 bits per heavy atom. The van der Waals surface area contributed by atoms with Gasteiger partial charge in [-0.05, 0) is 67.8 Å². The molecular weight excluding hydrogens is 262 g/mol. The molecule has 1 fully saturated rings. The summed E-state index contributed by atoms with van der Waals surface area (Å²) in [6.45, 7) is 1.22. The van der Waals surface area contributed by atoms with Crippen molar-refractivity contribution in [1.82, 2.24) is 5.32 Å². The number of hydrogen-bond acceptors (Lipinski definition) is 1. The van der Waals surface area contributed by atoms with Crippen LogP contribution in [-0.2, 0) is 12.8 Å². The van der Waals surface area contributed by atoms with Crippen molar-refractivity contribution < 1.29 is 0 Å². The van der Waals surface area contributed by atoms with Crippen LogP contribution in [0.3, 0.4) is 0 Å². The molecule has 1 unspecified atom stereocenters. The molecule has 1 aromatic rings. The Kier molecular flexibility index (Phi) is 3.03. The second-order valence-electron chi connectivity index (χ2n) is 5.20. The van der Waals surface area contributed by atoms with Crippen LogP contribution in [0.15, 0.2) is 22.7 Å². The van der Waals surface area contributed by atoms with Crippen LogP contribution in [0.5, 0.6) is 0 Å². The van der Waals surface area contributed by atoms with Crippen LogP contribution in [0.4, 0.5) is 0 Å². The molecule has 16 heavy (non-hydrogen) atoms. The molecule has 86 valence electrons. The first-order chi connectivity index (χ1) is 7.81. The third-order valence-corrected chi connectivity index (χ3v) is 4.26. The zero-order valence-electron chi connectivity index (χ0n) is 9.51. The highest BCUT2D eigenvalue weighted by Crippen LogP contribution is 2.28. The van der Waals surface area contributed by atoms with E-state index < -0.39 is 0 Å². The molecule has 1 nitrogen and oxygen atoms in total. The van der Waals surface area contributed by atoms with Gasteiger partial charge >= 0.3 is 0 Å². The minimum atomic E-state index is 0.853. The zero-order valence-corrected chi connectivity index (χ0v) is 11.1.